The van der Waals surface area contributed by atoms with E-state index in [0.29, 0.717) is 18.9 Å². The van der Waals surface area contributed by atoms with Gasteiger partial charge < -0.3 is 5.11 Å². The monoisotopic (exact) mass is 279 g/mol. The highest BCUT2D eigenvalue weighted by atomic mass is 16.4. The number of likely N-dealkylation sites (tertiary alicyclic amines) is 1. The van der Waals surface area contributed by atoms with Gasteiger partial charge in [0.2, 0.25) is 0 Å². The van der Waals surface area contributed by atoms with Crippen LogP contribution >= 0.6 is 0 Å². The Balaban J connectivity index is 1.90. The molecule has 0 bridgehead atoms. The van der Waals surface area contributed by atoms with Crippen molar-refractivity contribution in [1.82, 2.24) is 14.7 Å². The molecule has 1 aromatic rings. The van der Waals surface area contributed by atoms with Gasteiger partial charge in [0, 0.05) is 18.8 Å². The summed E-state index contributed by atoms with van der Waals surface area (Å²) in [5, 5.41) is 13.8. The molecule has 1 aliphatic heterocycles. The lowest BCUT2D eigenvalue weighted by atomic mass is 9.80. The Labute approximate surface area is 120 Å². The number of hydrogen-bond acceptors (Lipinski definition) is 3. The quantitative estimate of drug-likeness (QED) is 0.900. The summed E-state index contributed by atoms with van der Waals surface area (Å²) in [5.74, 6) is -0.668. The van der Waals surface area contributed by atoms with Gasteiger partial charge in [0.05, 0.1) is 11.1 Å². The molecule has 0 amide bonds. The molecule has 0 saturated carbocycles. The van der Waals surface area contributed by atoms with Crippen molar-refractivity contribution < 1.29 is 9.90 Å². The summed E-state index contributed by atoms with van der Waals surface area (Å²) in [6, 6.07) is 2.50. The maximum Gasteiger partial charge on any atom is 0.309 e. The lowest BCUT2D eigenvalue weighted by molar-refractivity contribution is -0.150. The standard InChI is InChI=1S/C15H25N3O2/c1-4-12(2)18-8-5-13(16-18)11-17-9-6-15(3,7-10-17)14(19)20/h5,8,12H,4,6-7,9-11H2,1-3H3,(H,19,20). The number of aliphatic carboxylic acids is 1. The summed E-state index contributed by atoms with van der Waals surface area (Å²) >= 11 is 0. The molecule has 0 aliphatic carbocycles. The molecule has 1 aromatic heterocycles. The Morgan fingerprint density at radius 2 is 2.15 bits per heavy atom. The lowest BCUT2D eigenvalue weighted by Gasteiger charge is -2.36. The van der Waals surface area contributed by atoms with Crippen molar-refractivity contribution in [2.45, 2.75) is 52.6 Å². The first-order chi connectivity index (χ1) is 9.44. The molecule has 2 rings (SSSR count). The van der Waals surface area contributed by atoms with Crippen LogP contribution in [0.15, 0.2) is 12.3 Å². The topological polar surface area (TPSA) is 58.4 Å². The van der Waals surface area contributed by atoms with Crippen LogP contribution in [-0.4, -0.2) is 38.8 Å². The van der Waals surface area contributed by atoms with Crippen LogP contribution in [0, 0.1) is 5.41 Å². The fraction of sp³-hybridized carbons (Fsp3) is 0.733. The van der Waals surface area contributed by atoms with Crippen molar-refractivity contribution in [2.75, 3.05) is 13.1 Å². The average molecular weight is 279 g/mol. The van der Waals surface area contributed by atoms with E-state index in [0.717, 1.165) is 31.7 Å². The summed E-state index contributed by atoms with van der Waals surface area (Å²) in [6.07, 6.45) is 4.54. The maximum absolute atomic E-state index is 11.2. The molecule has 112 valence electrons. The number of carboxylic acid groups (broad SMARTS) is 1. The van der Waals surface area contributed by atoms with Gasteiger partial charge in [0.15, 0.2) is 0 Å². The van der Waals surface area contributed by atoms with Crippen LogP contribution in [0.25, 0.3) is 0 Å². The van der Waals surface area contributed by atoms with Crippen LogP contribution in [-0.2, 0) is 11.3 Å². The molecule has 1 N–H and O–H groups in total. The van der Waals surface area contributed by atoms with Gasteiger partial charge in [-0.2, -0.15) is 5.10 Å². The molecule has 0 radical (unpaired) electrons. The van der Waals surface area contributed by atoms with E-state index in [1.807, 2.05) is 17.8 Å². The molecular formula is C15H25N3O2. The van der Waals surface area contributed by atoms with Crippen molar-refractivity contribution in [3.63, 3.8) is 0 Å². The second-order valence-electron chi connectivity index (χ2n) is 6.19. The molecule has 1 saturated heterocycles. The van der Waals surface area contributed by atoms with E-state index in [4.69, 9.17) is 0 Å². The minimum absolute atomic E-state index is 0.431. The molecule has 1 unspecified atom stereocenters. The second kappa shape index (κ2) is 5.95. The molecule has 20 heavy (non-hydrogen) atoms. The van der Waals surface area contributed by atoms with Crippen LogP contribution in [0.2, 0.25) is 0 Å². The summed E-state index contributed by atoms with van der Waals surface area (Å²) in [4.78, 5) is 13.5. The number of hydrogen-bond donors (Lipinski definition) is 1. The van der Waals surface area contributed by atoms with Gasteiger partial charge >= 0.3 is 5.97 Å². The Hall–Kier alpha value is -1.36. The smallest absolute Gasteiger partial charge is 0.309 e. The highest BCUT2D eigenvalue weighted by Gasteiger charge is 2.36. The van der Waals surface area contributed by atoms with Crippen LogP contribution in [0.1, 0.15) is 51.8 Å². The first-order valence-electron chi connectivity index (χ1n) is 7.44. The molecule has 2 heterocycles. The predicted octanol–water partition coefficient (Wildman–Crippen LogP) is 2.54. The fourth-order valence-electron chi connectivity index (χ4n) is 2.54. The number of carbonyl (C=O) groups is 1. The Bertz CT molecular complexity index is 461. The molecule has 1 aliphatic rings. The first kappa shape index (κ1) is 15.0. The SMILES string of the molecule is CCC(C)n1ccc(CN2CCC(C)(C(=O)O)CC2)n1. The summed E-state index contributed by atoms with van der Waals surface area (Å²) in [7, 11) is 0. The normalized spacial score (nSPS) is 20.8. The van der Waals surface area contributed by atoms with Gasteiger partial charge in [-0.05, 0) is 52.3 Å². The third kappa shape index (κ3) is 3.20. The lowest BCUT2D eigenvalue weighted by Crippen LogP contribution is -2.42. The largest absolute Gasteiger partial charge is 0.481 e. The van der Waals surface area contributed by atoms with E-state index in [9.17, 15) is 9.90 Å². The van der Waals surface area contributed by atoms with Crippen molar-refractivity contribution in [3.05, 3.63) is 18.0 Å². The van der Waals surface area contributed by atoms with E-state index in [1.165, 1.54) is 0 Å². The summed E-state index contributed by atoms with van der Waals surface area (Å²) < 4.78 is 2.01. The Morgan fingerprint density at radius 3 is 2.70 bits per heavy atom. The van der Waals surface area contributed by atoms with Gasteiger partial charge in [-0.3, -0.25) is 14.4 Å². The molecule has 5 heteroatoms. The molecule has 1 fully saturated rings. The third-order valence-electron chi connectivity index (χ3n) is 4.57. The minimum atomic E-state index is -0.668. The van der Waals surface area contributed by atoms with E-state index < -0.39 is 11.4 Å². The zero-order valence-electron chi connectivity index (χ0n) is 12.7. The number of rotatable bonds is 5. The van der Waals surface area contributed by atoms with E-state index in [1.54, 1.807) is 0 Å². The van der Waals surface area contributed by atoms with E-state index >= 15 is 0 Å². The highest BCUT2D eigenvalue weighted by Crippen LogP contribution is 2.31. The van der Waals surface area contributed by atoms with Gasteiger partial charge in [-0.25, -0.2) is 0 Å². The van der Waals surface area contributed by atoms with Crippen molar-refractivity contribution >= 4 is 5.97 Å². The fourth-order valence-corrected chi connectivity index (χ4v) is 2.54. The first-order valence-corrected chi connectivity index (χ1v) is 7.44. The summed E-state index contributed by atoms with van der Waals surface area (Å²) in [6.45, 7) is 8.65. The zero-order chi connectivity index (χ0) is 14.8. The molecule has 5 nitrogen and oxygen atoms in total. The number of carboxylic acids is 1. The van der Waals surface area contributed by atoms with Crippen LogP contribution in [0.4, 0.5) is 0 Å². The van der Waals surface area contributed by atoms with Crippen molar-refractivity contribution in [3.8, 4) is 0 Å². The van der Waals surface area contributed by atoms with Gasteiger partial charge in [-0.15, -0.1) is 0 Å². The predicted molar refractivity (Wildman–Crippen MR) is 77.5 cm³/mol. The molecule has 0 spiro atoms. The Kier molecular flexibility index (Phi) is 4.48. The molecule has 1 atom stereocenters. The number of nitrogens with zero attached hydrogens (tertiary/aromatic N) is 3. The van der Waals surface area contributed by atoms with Gasteiger partial charge in [0.25, 0.3) is 0 Å². The van der Waals surface area contributed by atoms with Crippen LogP contribution in [0.5, 0.6) is 0 Å². The zero-order valence-corrected chi connectivity index (χ0v) is 12.7. The van der Waals surface area contributed by atoms with Crippen molar-refractivity contribution in [2.24, 2.45) is 5.41 Å². The van der Waals surface area contributed by atoms with Crippen LogP contribution < -0.4 is 0 Å². The van der Waals surface area contributed by atoms with E-state index in [-0.39, 0.29) is 0 Å². The van der Waals surface area contributed by atoms with Crippen molar-refractivity contribution in [1.29, 1.82) is 0 Å². The molecule has 0 aromatic carbocycles. The maximum atomic E-state index is 11.2. The number of aromatic nitrogens is 2. The summed E-state index contributed by atoms with van der Waals surface area (Å²) in [5.41, 5.74) is 0.524. The van der Waals surface area contributed by atoms with Gasteiger partial charge in [-0.1, -0.05) is 6.92 Å². The van der Waals surface area contributed by atoms with Crippen LogP contribution in [0.3, 0.4) is 0 Å². The third-order valence-corrected chi connectivity index (χ3v) is 4.57. The Morgan fingerprint density at radius 1 is 1.50 bits per heavy atom. The molecular weight excluding hydrogens is 254 g/mol. The van der Waals surface area contributed by atoms with Gasteiger partial charge in [0.1, 0.15) is 0 Å². The average Bonchev–Trinajstić information content (AvgIpc) is 2.89. The minimum Gasteiger partial charge on any atom is -0.481 e. The van der Waals surface area contributed by atoms with E-state index in [2.05, 4.69) is 29.9 Å². The second-order valence-corrected chi connectivity index (χ2v) is 6.19. The highest BCUT2D eigenvalue weighted by molar-refractivity contribution is 5.74. The number of piperidine rings is 1.